The molecule has 0 aromatic heterocycles. The number of halogens is 1. The summed E-state index contributed by atoms with van der Waals surface area (Å²) in [5.41, 5.74) is 1.48. The zero-order chi connectivity index (χ0) is 20.9. The Balaban J connectivity index is 1.56. The number of nitrogens with zero attached hydrogens (tertiary/aromatic N) is 3. The summed E-state index contributed by atoms with van der Waals surface area (Å²) in [5.74, 6) is -0.962. The van der Waals surface area contributed by atoms with Gasteiger partial charge >= 0.3 is 5.97 Å². The van der Waals surface area contributed by atoms with E-state index < -0.39 is 16.0 Å². The van der Waals surface area contributed by atoms with Crippen LogP contribution in [0.3, 0.4) is 0 Å². The number of sulfonamides is 1. The minimum absolute atomic E-state index is 0.0349. The van der Waals surface area contributed by atoms with Gasteiger partial charge in [-0.3, -0.25) is 0 Å². The molecule has 0 unspecified atom stereocenters. The van der Waals surface area contributed by atoms with Crippen LogP contribution in [0.4, 0.5) is 4.39 Å². The van der Waals surface area contributed by atoms with Crippen LogP contribution in [-0.4, -0.2) is 37.5 Å². The van der Waals surface area contributed by atoms with Gasteiger partial charge in [-0.2, -0.15) is 9.57 Å². The van der Waals surface area contributed by atoms with Crippen molar-refractivity contribution in [2.45, 2.75) is 24.2 Å². The van der Waals surface area contributed by atoms with Crippen LogP contribution in [-0.2, 0) is 26.1 Å². The first-order chi connectivity index (χ1) is 13.9. The van der Waals surface area contributed by atoms with Gasteiger partial charge in [-0.25, -0.2) is 17.6 Å². The summed E-state index contributed by atoms with van der Waals surface area (Å²) >= 11 is 0. The normalized spacial score (nSPS) is 14.8. The number of carbonyl (C=O) groups excluding carboxylic acids is 1. The first-order valence-electron chi connectivity index (χ1n) is 8.89. The summed E-state index contributed by atoms with van der Waals surface area (Å²) in [4.78, 5) is 16.8. The molecule has 0 aliphatic carbocycles. The smallest absolute Gasteiger partial charge is 0.318 e. The van der Waals surface area contributed by atoms with Crippen LogP contribution in [0.1, 0.15) is 24.0 Å². The predicted octanol–water partition coefficient (Wildman–Crippen LogP) is 2.62. The molecule has 1 fully saturated rings. The number of piperidine rings is 1. The number of carbonyl (C=O) groups is 1. The number of rotatable bonds is 5. The highest BCUT2D eigenvalue weighted by Crippen LogP contribution is 2.20. The molecular formula is C20H18FN3O4S. The Morgan fingerprint density at radius 1 is 1.17 bits per heavy atom. The lowest BCUT2D eigenvalue weighted by atomic mass is 10.1. The molecule has 0 radical (unpaired) electrons. The van der Waals surface area contributed by atoms with Gasteiger partial charge in [0.1, 0.15) is 5.82 Å². The highest BCUT2D eigenvalue weighted by molar-refractivity contribution is 7.89. The lowest BCUT2D eigenvalue weighted by Crippen LogP contribution is -2.38. The third-order valence-corrected chi connectivity index (χ3v) is 6.33. The fourth-order valence-electron chi connectivity index (χ4n) is 2.87. The molecule has 0 amide bonds. The van der Waals surface area contributed by atoms with Crippen molar-refractivity contribution in [2.24, 2.45) is 5.16 Å². The molecule has 3 rings (SSSR count). The molecule has 0 spiro atoms. The maximum Gasteiger partial charge on any atom is 0.339 e. The number of nitriles is 1. The van der Waals surface area contributed by atoms with Gasteiger partial charge in [0.15, 0.2) is 0 Å². The third kappa shape index (κ3) is 5.25. The number of benzene rings is 2. The molecule has 0 N–H and O–H groups in total. The van der Waals surface area contributed by atoms with E-state index >= 15 is 0 Å². The Morgan fingerprint density at radius 3 is 2.52 bits per heavy atom. The molecule has 0 bridgehead atoms. The van der Waals surface area contributed by atoms with Gasteiger partial charge in [-0.15, -0.1) is 0 Å². The average Bonchev–Trinajstić information content (AvgIpc) is 2.74. The average molecular weight is 415 g/mol. The second-order valence-corrected chi connectivity index (χ2v) is 8.41. The van der Waals surface area contributed by atoms with Gasteiger partial charge in [0.2, 0.25) is 10.0 Å². The van der Waals surface area contributed by atoms with Crippen molar-refractivity contribution in [3.63, 3.8) is 0 Å². The van der Waals surface area contributed by atoms with Crippen LogP contribution in [0.15, 0.2) is 58.6 Å². The Morgan fingerprint density at radius 2 is 1.86 bits per heavy atom. The van der Waals surface area contributed by atoms with Crippen LogP contribution in [0.5, 0.6) is 0 Å². The molecule has 1 saturated heterocycles. The van der Waals surface area contributed by atoms with E-state index in [1.165, 1.54) is 46.8 Å². The van der Waals surface area contributed by atoms with Crippen molar-refractivity contribution in [3.8, 4) is 6.07 Å². The Bertz CT molecular complexity index is 1070. The van der Waals surface area contributed by atoms with E-state index in [1.807, 2.05) is 6.07 Å². The maximum atomic E-state index is 12.9. The standard InChI is InChI=1S/C20H18FN3O4S/c21-17-6-4-15(5-7-17)13-20(25)28-23-18-8-10-24(11-9-18)29(26,27)19-3-1-2-16(12-19)14-22/h1-7,12H,8-11,13H2. The summed E-state index contributed by atoms with van der Waals surface area (Å²) in [6, 6.07) is 13.3. The Labute approximate surface area is 168 Å². The molecule has 150 valence electrons. The SMILES string of the molecule is N#Cc1cccc(S(=O)(=O)N2CCC(=NOC(=O)Cc3ccc(F)cc3)CC2)c1. The zero-order valence-corrected chi connectivity index (χ0v) is 16.2. The van der Waals surface area contributed by atoms with Gasteiger partial charge in [0.05, 0.1) is 28.7 Å². The molecule has 1 aliphatic rings. The van der Waals surface area contributed by atoms with Crippen LogP contribution in [0, 0.1) is 17.1 Å². The van der Waals surface area contributed by atoms with E-state index in [1.54, 1.807) is 6.07 Å². The fourth-order valence-corrected chi connectivity index (χ4v) is 4.36. The third-order valence-electron chi connectivity index (χ3n) is 4.44. The molecule has 1 aliphatic heterocycles. The van der Waals surface area contributed by atoms with Crippen molar-refractivity contribution in [3.05, 3.63) is 65.5 Å². The van der Waals surface area contributed by atoms with Gasteiger partial charge in [-0.05, 0) is 35.9 Å². The van der Waals surface area contributed by atoms with E-state index in [0.29, 0.717) is 24.1 Å². The molecule has 7 nitrogen and oxygen atoms in total. The van der Waals surface area contributed by atoms with Crippen molar-refractivity contribution < 1.29 is 22.4 Å². The largest absolute Gasteiger partial charge is 0.339 e. The summed E-state index contributed by atoms with van der Waals surface area (Å²) in [5, 5.41) is 12.8. The monoisotopic (exact) mass is 415 g/mol. The molecule has 2 aromatic carbocycles. The van der Waals surface area contributed by atoms with Crippen molar-refractivity contribution in [1.82, 2.24) is 4.31 Å². The van der Waals surface area contributed by atoms with E-state index in [-0.39, 0.29) is 35.8 Å². The summed E-state index contributed by atoms with van der Waals surface area (Å²) in [7, 11) is -3.70. The van der Waals surface area contributed by atoms with Gasteiger partial charge in [-0.1, -0.05) is 23.4 Å². The summed E-state index contributed by atoms with van der Waals surface area (Å²) in [6.07, 6.45) is 0.634. The van der Waals surface area contributed by atoms with E-state index in [0.717, 1.165) is 0 Å². The van der Waals surface area contributed by atoms with Crippen LogP contribution >= 0.6 is 0 Å². The molecule has 9 heteroatoms. The summed E-state index contributed by atoms with van der Waals surface area (Å²) in [6.45, 7) is 0.404. The minimum atomic E-state index is -3.70. The van der Waals surface area contributed by atoms with Crippen molar-refractivity contribution in [2.75, 3.05) is 13.1 Å². The highest BCUT2D eigenvalue weighted by atomic mass is 32.2. The maximum absolute atomic E-state index is 12.9. The first kappa shape index (κ1) is 20.6. The van der Waals surface area contributed by atoms with Crippen molar-refractivity contribution in [1.29, 1.82) is 5.26 Å². The van der Waals surface area contributed by atoms with Crippen LogP contribution < -0.4 is 0 Å². The lowest BCUT2D eigenvalue weighted by Gasteiger charge is -2.26. The molecular weight excluding hydrogens is 397 g/mol. The van der Waals surface area contributed by atoms with E-state index in [9.17, 15) is 17.6 Å². The van der Waals surface area contributed by atoms with Gasteiger partial charge < -0.3 is 4.84 Å². The lowest BCUT2D eigenvalue weighted by molar-refractivity contribution is -0.142. The fraction of sp³-hybridized carbons (Fsp3) is 0.250. The molecule has 1 heterocycles. The van der Waals surface area contributed by atoms with Crippen molar-refractivity contribution >= 4 is 21.7 Å². The zero-order valence-electron chi connectivity index (χ0n) is 15.4. The van der Waals surface area contributed by atoms with E-state index in [4.69, 9.17) is 10.1 Å². The first-order valence-corrected chi connectivity index (χ1v) is 10.3. The number of hydrogen-bond donors (Lipinski definition) is 0. The molecule has 29 heavy (non-hydrogen) atoms. The Kier molecular flexibility index (Phi) is 6.36. The van der Waals surface area contributed by atoms with E-state index in [2.05, 4.69) is 5.16 Å². The topological polar surface area (TPSA) is 99.8 Å². The second kappa shape index (κ2) is 8.94. The Hall–Kier alpha value is -3.09. The molecule has 0 atom stereocenters. The molecule has 0 saturated carbocycles. The predicted molar refractivity (Wildman–Crippen MR) is 103 cm³/mol. The van der Waals surface area contributed by atoms with Crippen LogP contribution in [0.25, 0.3) is 0 Å². The van der Waals surface area contributed by atoms with Gasteiger partial charge in [0, 0.05) is 25.9 Å². The number of oxime groups is 1. The highest BCUT2D eigenvalue weighted by Gasteiger charge is 2.28. The minimum Gasteiger partial charge on any atom is -0.318 e. The second-order valence-electron chi connectivity index (χ2n) is 6.47. The van der Waals surface area contributed by atoms with Gasteiger partial charge in [0.25, 0.3) is 0 Å². The summed E-state index contributed by atoms with van der Waals surface area (Å²) < 4.78 is 39.6. The quantitative estimate of drug-likeness (QED) is 0.552. The van der Waals surface area contributed by atoms with Crippen LogP contribution in [0.2, 0.25) is 0 Å². The molecule has 2 aromatic rings. The number of hydrogen-bond acceptors (Lipinski definition) is 6.